The van der Waals surface area contributed by atoms with Crippen molar-refractivity contribution in [1.82, 2.24) is 4.98 Å². The molecule has 0 spiro atoms. The number of pyridine rings is 1. The molecular formula is C22H22N2O3. The highest BCUT2D eigenvalue weighted by Gasteiger charge is 2.03. The van der Waals surface area contributed by atoms with E-state index in [-0.39, 0.29) is 5.91 Å². The summed E-state index contributed by atoms with van der Waals surface area (Å²) in [5.74, 6) is 1.88. The first-order valence-electron chi connectivity index (χ1n) is 8.93. The minimum Gasteiger partial charge on any atom is -0.489 e. The molecule has 0 aliphatic carbocycles. The molecule has 1 heterocycles. The molecule has 3 aromatic rings. The topological polar surface area (TPSA) is 60.5 Å². The van der Waals surface area contributed by atoms with Gasteiger partial charge in [-0.25, -0.2) is 4.98 Å². The first kappa shape index (κ1) is 18.5. The van der Waals surface area contributed by atoms with Crippen LogP contribution >= 0.6 is 0 Å². The zero-order valence-electron chi connectivity index (χ0n) is 15.2. The second-order valence-electron chi connectivity index (χ2n) is 6.03. The van der Waals surface area contributed by atoms with Crippen LogP contribution in [-0.4, -0.2) is 10.9 Å². The van der Waals surface area contributed by atoms with Crippen molar-refractivity contribution < 1.29 is 14.3 Å². The van der Waals surface area contributed by atoms with Crippen LogP contribution < -0.4 is 14.8 Å². The Morgan fingerprint density at radius 1 is 0.963 bits per heavy atom. The van der Waals surface area contributed by atoms with E-state index in [1.54, 1.807) is 18.3 Å². The SMILES string of the molecule is CCCC(=O)Nc1ccc(Oc2ccc(OCc3ccccc3)cc2)nc1. The average Bonchev–Trinajstić information content (AvgIpc) is 2.70. The van der Waals surface area contributed by atoms with E-state index in [9.17, 15) is 4.79 Å². The van der Waals surface area contributed by atoms with Crippen LogP contribution in [0.3, 0.4) is 0 Å². The molecule has 0 unspecified atom stereocenters. The van der Waals surface area contributed by atoms with Crippen molar-refractivity contribution in [2.24, 2.45) is 0 Å². The lowest BCUT2D eigenvalue weighted by Crippen LogP contribution is -2.10. The van der Waals surface area contributed by atoms with E-state index < -0.39 is 0 Å². The Kier molecular flexibility index (Phi) is 6.41. The van der Waals surface area contributed by atoms with Crippen molar-refractivity contribution in [3.05, 3.63) is 78.5 Å². The first-order valence-corrected chi connectivity index (χ1v) is 8.93. The van der Waals surface area contributed by atoms with Gasteiger partial charge in [-0.05, 0) is 42.3 Å². The molecule has 1 amide bonds. The van der Waals surface area contributed by atoms with Crippen molar-refractivity contribution in [3.8, 4) is 17.4 Å². The molecule has 0 aliphatic rings. The molecular weight excluding hydrogens is 340 g/mol. The quantitative estimate of drug-likeness (QED) is 0.599. The standard InChI is InChI=1S/C22H22N2O3/c1-2-6-21(25)24-18-9-14-22(23-15-18)27-20-12-10-19(11-13-20)26-16-17-7-4-3-5-8-17/h3-5,7-15H,2,6,16H2,1H3,(H,24,25). The highest BCUT2D eigenvalue weighted by molar-refractivity contribution is 5.90. The number of ether oxygens (including phenoxy) is 2. The van der Waals surface area contributed by atoms with E-state index in [4.69, 9.17) is 9.47 Å². The lowest BCUT2D eigenvalue weighted by molar-refractivity contribution is -0.116. The Bertz CT molecular complexity index is 847. The Labute approximate surface area is 159 Å². The smallest absolute Gasteiger partial charge is 0.224 e. The molecule has 0 saturated heterocycles. The summed E-state index contributed by atoms with van der Waals surface area (Å²) in [5, 5.41) is 2.80. The monoisotopic (exact) mass is 362 g/mol. The second-order valence-corrected chi connectivity index (χ2v) is 6.03. The summed E-state index contributed by atoms with van der Waals surface area (Å²) in [5.41, 5.74) is 1.78. The minimum absolute atomic E-state index is 0.0148. The summed E-state index contributed by atoms with van der Waals surface area (Å²) < 4.78 is 11.5. The van der Waals surface area contributed by atoms with Crippen LogP contribution in [0.2, 0.25) is 0 Å². The van der Waals surface area contributed by atoms with Gasteiger partial charge in [-0.15, -0.1) is 0 Å². The number of anilines is 1. The van der Waals surface area contributed by atoms with Crippen LogP contribution in [0.5, 0.6) is 17.4 Å². The second kappa shape index (κ2) is 9.38. The molecule has 5 nitrogen and oxygen atoms in total. The Morgan fingerprint density at radius 3 is 2.37 bits per heavy atom. The van der Waals surface area contributed by atoms with E-state index >= 15 is 0 Å². The van der Waals surface area contributed by atoms with Gasteiger partial charge < -0.3 is 14.8 Å². The van der Waals surface area contributed by atoms with Gasteiger partial charge in [-0.1, -0.05) is 37.3 Å². The molecule has 0 fully saturated rings. The molecule has 0 bridgehead atoms. The number of hydrogen-bond donors (Lipinski definition) is 1. The number of carbonyl (C=O) groups excluding carboxylic acids is 1. The molecule has 0 aliphatic heterocycles. The maximum Gasteiger partial charge on any atom is 0.224 e. The van der Waals surface area contributed by atoms with Crippen LogP contribution in [0.15, 0.2) is 72.9 Å². The molecule has 2 aromatic carbocycles. The molecule has 1 N–H and O–H groups in total. The zero-order valence-corrected chi connectivity index (χ0v) is 15.2. The first-order chi connectivity index (χ1) is 13.2. The van der Waals surface area contributed by atoms with Gasteiger partial charge in [-0.3, -0.25) is 4.79 Å². The third-order valence-electron chi connectivity index (χ3n) is 3.79. The highest BCUT2D eigenvalue weighted by atomic mass is 16.5. The fourth-order valence-electron chi connectivity index (χ4n) is 2.43. The normalized spacial score (nSPS) is 10.3. The maximum absolute atomic E-state index is 11.6. The fraction of sp³-hybridized carbons (Fsp3) is 0.182. The summed E-state index contributed by atoms with van der Waals surface area (Å²) in [7, 11) is 0. The summed E-state index contributed by atoms with van der Waals surface area (Å²) in [4.78, 5) is 15.8. The van der Waals surface area contributed by atoms with E-state index in [0.717, 1.165) is 17.7 Å². The number of carbonyl (C=O) groups is 1. The third-order valence-corrected chi connectivity index (χ3v) is 3.79. The number of rotatable bonds is 8. The van der Waals surface area contributed by atoms with Gasteiger partial charge in [0.2, 0.25) is 11.8 Å². The summed E-state index contributed by atoms with van der Waals surface area (Å²) in [6.07, 6.45) is 2.89. The van der Waals surface area contributed by atoms with E-state index in [1.165, 1.54) is 0 Å². The summed E-state index contributed by atoms with van der Waals surface area (Å²) in [6.45, 7) is 2.49. The van der Waals surface area contributed by atoms with Gasteiger partial charge in [0.15, 0.2) is 0 Å². The Hall–Kier alpha value is -3.34. The van der Waals surface area contributed by atoms with Crippen LogP contribution in [0.25, 0.3) is 0 Å². The van der Waals surface area contributed by atoms with Crippen LogP contribution in [0, 0.1) is 0 Å². The number of amides is 1. The predicted molar refractivity (Wildman–Crippen MR) is 105 cm³/mol. The van der Waals surface area contributed by atoms with E-state index in [1.807, 2.05) is 61.5 Å². The number of hydrogen-bond acceptors (Lipinski definition) is 4. The number of nitrogens with zero attached hydrogens (tertiary/aromatic N) is 1. The maximum atomic E-state index is 11.6. The van der Waals surface area contributed by atoms with Crippen LogP contribution in [0.1, 0.15) is 25.3 Å². The molecule has 5 heteroatoms. The van der Waals surface area contributed by atoms with Crippen LogP contribution in [-0.2, 0) is 11.4 Å². The van der Waals surface area contributed by atoms with Gasteiger partial charge in [0.05, 0.1) is 11.9 Å². The molecule has 3 rings (SSSR count). The van der Waals surface area contributed by atoms with Crippen molar-refractivity contribution in [3.63, 3.8) is 0 Å². The van der Waals surface area contributed by atoms with Crippen molar-refractivity contribution in [2.75, 3.05) is 5.32 Å². The highest BCUT2D eigenvalue weighted by Crippen LogP contribution is 2.23. The molecule has 138 valence electrons. The van der Waals surface area contributed by atoms with Gasteiger partial charge in [0.1, 0.15) is 18.1 Å². The van der Waals surface area contributed by atoms with Gasteiger partial charge in [-0.2, -0.15) is 0 Å². The van der Waals surface area contributed by atoms with Gasteiger partial charge >= 0.3 is 0 Å². The number of aromatic nitrogens is 1. The molecule has 0 saturated carbocycles. The zero-order chi connectivity index (χ0) is 18.9. The van der Waals surface area contributed by atoms with Gasteiger partial charge in [0, 0.05) is 12.5 Å². The van der Waals surface area contributed by atoms with E-state index in [2.05, 4.69) is 10.3 Å². The number of nitrogens with one attached hydrogen (secondary N) is 1. The van der Waals surface area contributed by atoms with Crippen molar-refractivity contribution >= 4 is 11.6 Å². The molecule has 1 aromatic heterocycles. The van der Waals surface area contributed by atoms with Crippen LogP contribution in [0.4, 0.5) is 5.69 Å². The molecule has 27 heavy (non-hydrogen) atoms. The minimum atomic E-state index is -0.0148. The summed E-state index contributed by atoms with van der Waals surface area (Å²) in [6, 6.07) is 20.9. The predicted octanol–water partition coefficient (Wildman–Crippen LogP) is 5.19. The Morgan fingerprint density at radius 2 is 1.70 bits per heavy atom. The average molecular weight is 362 g/mol. The fourth-order valence-corrected chi connectivity index (χ4v) is 2.43. The van der Waals surface area contributed by atoms with Crippen molar-refractivity contribution in [2.45, 2.75) is 26.4 Å². The largest absolute Gasteiger partial charge is 0.489 e. The lowest BCUT2D eigenvalue weighted by Gasteiger charge is -2.09. The lowest BCUT2D eigenvalue weighted by atomic mass is 10.2. The molecule has 0 atom stereocenters. The molecule has 0 radical (unpaired) electrons. The van der Waals surface area contributed by atoms with E-state index in [0.29, 0.717) is 30.3 Å². The third kappa shape index (κ3) is 5.85. The van der Waals surface area contributed by atoms with Crippen molar-refractivity contribution in [1.29, 1.82) is 0 Å². The number of benzene rings is 2. The summed E-state index contributed by atoms with van der Waals surface area (Å²) >= 11 is 0. The van der Waals surface area contributed by atoms with Gasteiger partial charge in [0.25, 0.3) is 0 Å². The Balaban J connectivity index is 1.52.